The molecule has 2 aromatic rings. The zero-order valence-corrected chi connectivity index (χ0v) is 19.2. The van der Waals surface area contributed by atoms with Gasteiger partial charge < -0.3 is 20.4 Å². The molecule has 0 aliphatic carbocycles. The first-order valence-electron chi connectivity index (χ1n) is 10.4. The van der Waals surface area contributed by atoms with Crippen molar-refractivity contribution >= 4 is 40.8 Å². The van der Waals surface area contributed by atoms with E-state index in [2.05, 4.69) is 27.4 Å². The van der Waals surface area contributed by atoms with Crippen molar-refractivity contribution in [2.75, 3.05) is 39.3 Å². The highest BCUT2D eigenvalue weighted by Gasteiger charge is 2.31. The van der Waals surface area contributed by atoms with Crippen molar-refractivity contribution in [2.45, 2.75) is 38.3 Å². The Morgan fingerprint density at radius 3 is 3.14 bits per heavy atom. The van der Waals surface area contributed by atoms with Crippen molar-refractivity contribution in [3.63, 3.8) is 0 Å². The van der Waals surface area contributed by atoms with Gasteiger partial charge in [-0.25, -0.2) is 4.39 Å². The van der Waals surface area contributed by atoms with Crippen molar-refractivity contribution in [1.82, 2.24) is 20.5 Å². The number of nitrogens with one attached hydrogen (secondary N) is 3. The molecule has 29 heavy (non-hydrogen) atoms. The molecule has 8 heteroatoms. The fourth-order valence-corrected chi connectivity index (χ4v) is 4.21. The zero-order chi connectivity index (χ0) is 19.3. The van der Waals surface area contributed by atoms with Gasteiger partial charge in [0, 0.05) is 42.8 Å². The third-order valence-corrected chi connectivity index (χ3v) is 5.68. The van der Waals surface area contributed by atoms with E-state index in [-0.39, 0.29) is 35.9 Å². The highest BCUT2D eigenvalue weighted by atomic mass is 127. The molecule has 0 spiro atoms. The number of hydrogen-bond donors (Lipinski definition) is 3. The van der Waals surface area contributed by atoms with E-state index >= 15 is 0 Å². The van der Waals surface area contributed by atoms with Crippen LogP contribution >= 0.6 is 24.0 Å². The first kappa shape index (κ1) is 22.3. The summed E-state index contributed by atoms with van der Waals surface area (Å²) >= 11 is 0. The number of fused-ring (bicyclic) bond motifs is 2. The van der Waals surface area contributed by atoms with Gasteiger partial charge in [0.05, 0.1) is 19.3 Å². The number of H-pyrrole nitrogens is 1. The van der Waals surface area contributed by atoms with Gasteiger partial charge in [-0.05, 0) is 56.5 Å². The predicted octanol–water partition coefficient (Wildman–Crippen LogP) is 2.89. The van der Waals surface area contributed by atoms with Gasteiger partial charge in [0.2, 0.25) is 0 Å². The van der Waals surface area contributed by atoms with Crippen molar-refractivity contribution in [2.24, 2.45) is 4.99 Å². The maximum Gasteiger partial charge on any atom is 0.191 e. The molecule has 3 heterocycles. The minimum atomic E-state index is -0.217. The Labute approximate surface area is 188 Å². The number of nitrogens with zero attached hydrogens (tertiary/aromatic N) is 2. The summed E-state index contributed by atoms with van der Waals surface area (Å²) in [7, 11) is 0. The number of rotatable bonds is 6. The molecule has 3 N–H and O–H groups in total. The standard InChI is InChI=1S/C21H30FN5O.HI/c1-2-23-21(26-12-18-13-27-9-3-4-17(27)14-28-18)24-8-7-15-11-25-20-10-16(22)5-6-19(15)20;/h5-6,10-11,17-18,25H,2-4,7-9,12-14H2,1H3,(H2,23,24,26);1H. The highest BCUT2D eigenvalue weighted by Crippen LogP contribution is 2.22. The van der Waals surface area contributed by atoms with Crippen LogP contribution in [-0.4, -0.2) is 67.3 Å². The van der Waals surface area contributed by atoms with E-state index in [0.29, 0.717) is 12.6 Å². The van der Waals surface area contributed by atoms with Gasteiger partial charge in [0.15, 0.2) is 5.96 Å². The van der Waals surface area contributed by atoms with Crippen LogP contribution in [-0.2, 0) is 11.2 Å². The molecule has 4 rings (SSSR count). The number of benzene rings is 1. The summed E-state index contributed by atoms with van der Waals surface area (Å²) in [5, 5.41) is 7.78. The Morgan fingerprint density at radius 1 is 1.38 bits per heavy atom. The molecule has 6 nitrogen and oxygen atoms in total. The number of aliphatic imine (C=N–C) groups is 1. The highest BCUT2D eigenvalue weighted by molar-refractivity contribution is 14.0. The first-order valence-corrected chi connectivity index (χ1v) is 10.4. The third-order valence-electron chi connectivity index (χ3n) is 5.68. The lowest BCUT2D eigenvalue weighted by Gasteiger charge is -2.34. The summed E-state index contributed by atoms with van der Waals surface area (Å²) in [6.07, 6.45) is 5.52. The molecule has 0 bridgehead atoms. The summed E-state index contributed by atoms with van der Waals surface area (Å²) in [5.41, 5.74) is 2.01. The van der Waals surface area contributed by atoms with Gasteiger partial charge in [-0.15, -0.1) is 24.0 Å². The number of hydrogen-bond acceptors (Lipinski definition) is 3. The van der Waals surface area contributed by atoms with E-state index in [1.54, 1.807) is 0 Å². The number of aromatic amines is 1. The summed E-state index contributed by atoms with van der Waals surface area (Å²) in [5.74, 6) is 0.603. The Morgan fingerprint density at radius 2 is 2.28 bits per heavy atom. The Hall–Kier alpha value is -1.39. The van der Waals surface area contributed by atoms with Crippen LogP contribution in [0.1, 0.15) is 25.3 Å². The van der Waals surface area contributed by atoms with Crippen molar-refractivity contribution < 1.29 is 9.13 Å². The number of ether oxygens (including phenoxy) is 1. The third kappa shape index (κ3) is 5.61. The van der Waals surface area contributed by atoms with E-state index in [1.165, 1.54) is 37.1 Å². The molecule has 2 aliphatic heterocycles. The summed E-state index contributed by atoms with van der Waals surface area (Å²) < 4.78 is 19.3. The summed E-state index contributed by atoms with van der Waals surface area (Å²) in [6.45, 7) is 7.34. The molecule has 2 atom stereocenters. The lowest BCUT2D eigenvalue weighted by Crippen LogP contribution is -2.47. The van der Waals surface area contributed by atoms with Crippen molar-refractivity contribution in [3.8, 4) is 0 Å². The molecule has 2 saturated heterocycles. The van der Waals surface area contributed by atoms with Gasteiger partial charge in [-0.3, -0.25) is 9.89 Å². The van der Waals surface area contributed by atoms with Crippen LogP contribution < -0.4 is 10.6 Å². The monoisotopic (exact) mass is 515 g/mol. The van der Waals surface area contributed by atoms with E-state index in [9.17, 15) is 4.39 Å². The number of morpholine rings is 1. The fraction of sp³-hybridized carbons (Fsp3) is 0.571. The molecule has 2 fully saturated rings. The lowest BCUT2D eigenvalue weighted by molar-refractivity contribution is -0.0432. The quantitative estimate of drug-likeness (QED) is 0.315. The van der Waals surface area contributed by atoms with Gasteiger partial charge in [0.25, 0.3) is 0 Å². The first-order chi connectivity index (χ1) is 13.7. The number of guanidine groups is 1. The van der Waals surface area contributed by atoms with Gasteiger partial charge >= 0.3 is 0 Å². The predicted molar refractivity (Wildman–Crippen MR) is 126 cm³/mol. The van der Waals surface area contributed by atoms with Gasteiger partial charge in [-0.2, -0.15) is 0 Å². The Kier molecular flexibility index (Phi) is 8.14. The molecule has 2 aliphatic rings. The second kappa shape index (κ2) is 10.6. The largest absolute Gasteiger partial charge is 0.373 e. The molecular formula is C21H31FIN5O. The molecular weight excluding hydrogens is 484 g/mol. The van der Waals surface area contributed by atoms with E-state index in [4.69, 9.17) is 9.73 Å². The Balaban J connectivity index is 0.00000240. The summed E-state index contributed by atoms with van der Waals surface area (Å²) in [4.78, 5) is 10.4. The maximum atomic E-state index is 13.3. The van der Waals surface area contributed by atoms with Crippen LogP contribution in [0.5, 0.6) is 0 Å². The van der Waals surface area contributed by atoms with Crippen molar-refractivity contribution in [1.29, 1.82) is 0 Å². The van der Waals surface area contributed by atoms with Crippen LogP contribution in [0.15, 0.2) is 29.4 Å². The average molecular weight is 515 g/mol. The number of halogens is 2. The van der Waals surface area contributed by atoms with Gasteiger partial charge in [-0.1, -0.05) is 0 Å². The second-order valence-corrected chi connectivity index (χ2v) is 7.65. The fourth-order valence-electron chi connectivity index (χ4n) is 4.21. The number of aromatic nitrogens is 1. The van der Waals surface area contributed by atoms with Crippen molar-refractivity contribution in [3.05, 3.63) is 35.8 Å². The maximum absolute atomic E-state index is 13.3. The summed E-state index contributed by atoms with van der Waals surface area (Å²) in [6, 6.07) is 5.50. The average Bonchev–Trinajstić information content (AvgIpc) is 3.32. The molecule has 160 valence electrons. The van der Waals surface area contributed by atoms with E-state index in [1.807, 2.05) is 12.3 Å². The SMILES string of the molecule is CCNC(=NCC1CN2CCCC2CO1)NCCc1c[nH]c2cc(F)ccc12.I. The Bertz CT molecular complexity index is 827. The van der Waals surface area contributed by atoms with Crippen LogP contribution in [0.4, 0.5) is 4.39 Å². The lowest BCUT2D eigenvalue weighted by atomic mass is 10.1. The zero-order valence-electron chi connectivity index (χ0n) is 16.9. The van der Waals surface area contributed by atoms with Crippen LogP contribution in [0.25, 0.3) is 10.9 Å². The van der Waals surface area contributed by atoms with E-state index < -0.39 is 0 Å². The topological polar surface area (TPSA) is 64.7 Å². The molecule has 0 saturated carbocycles. The molecule has 2 unspecified atom stereocenters. The molecule has 0 radical (unpaired) electrons. The molecule has 0 amide bonds. The minimum absolute atomic E-state index is 0. The van der Waals surface area contributed by atoms with Crippen LogP contribution in [0.3, 0.4) is 0 Å². The van der Waals surface area contributed by atoms with E-state index in [0.717, 1.165) is 49.5 Å². The minimum Gasteiger partial charge on any atom is -0.373 e. The molecule has 1 aromatic carbocycles. The normalized spacial score (nSPS) is 22.3. The van der Waals surface area contributed by atoms with Crippen LogP contribution in [0, 0.1) is 5.82 Å². The van der Waals surface area contributed by atoms with Crippen LogP contribution in [0.2, 0.25) is 0 Å². The molecule has 1 aromatic heterocycles. The second-order valence-electron chi connectivity index (χ2n) is 7.65. The smallest absolute Gasteiger partial charge is 0.191 e. The van der Waals surface area contributed by atoms with Gasteiger partial charge in [0.1, 0.15) is 5.82 Å².